The molecule has 0 aliphatic heterocycles. The van der Waals surface area contributed by atoms with Crippen LogP contribution in [0.1, 0.15) is 36.1 Å². The van der Waals surface area contributed by atoms with E-state index in [1.54, 1.807) is 0 Å². The minimum Gasteiger partial charge on any atom is -0.388 e. The van der Waals surface area contributed by atoms with Crippen molar-refractivity contribution in [3.63, 3.8) is 0 Å². The number of anilines is 1. The average molecular weight is 283 g/mol. The molecule has 1 unspecified atom stereocenters. The molecule has 0 aliphatic carbocycles. The largest absolute Gasteiger partial charge is 0.388 e. The molecule has 0 radical (unpaired) electrons. The highest BCUT2D eigenvalue weighted by molar-refractivity contribution is 5.52. The molecule has 0 spiro atoms. The summed E-state index contributed by atoms with van der Waals surface area (Å²) in [6.45, 7) is 8.16. The molecule has 112 valence electrons. The third-order valence-corrected chi connectivity index (χ3v) is 3.97. The van der Waals surface area contributed by atoms with Crippen LogP contribution in [-0.2, 0) is 0 Å². The van der Waals surface area contributed by atoms with E-state index in [2.05, 4.69) is 62.1 Å². The molecule has 1 atom stereocenters. The van der Waals surface area contributed by atoms with E-state index in [4.69, 9.17) is 0 Å². The lowest BCUT2D eigenvalue weighted by Crippen LogP contribution is -2.26. The number of aliphatic hydroxyl groups excluding tert-OH is 1. The third kappa shape index (κ3) is 4.08. The van der Waals surface area contributed by atoms with Gasteiger partial charge in [-0.25, -0.2) is 0 Å². The maximum atomic E-state index is 10.3. The standard InChI is InChI=1S/C19H25NO/c1-4-20(18-8-6-5-7-16(18)3)14-13-19(21)17-11-9-15(2)10-12-17/h5-12,19,21H,4,13-14H2,1-3H3. The molecule has 2 heteroatoms. The third-order valence-electron chi connectivity index (χ3n) is 3.97. The SMILES string of the molecule is CCN(CCC(O)c1ccc(C)cc1)c1ccccc1C. The number of hydrogen-bond acceptors (Lipinski definition) is 2. The van der Waals surface area contributed by atoms with Gasteiger partial charge < -0.3 is 10.0 Å². The van der Waals surface area contributed by atoms with Crippen molar-refractivity contribution in [1.29, 1.82) is 0 Å². The molecule has 0 aliphatic rings. The zero-order chi connectivity index (χ0) is 15.2. The molecule has 0 bridgehead atoms. The lowest BCUT2D eigenvalue weighted by Gasteiger charge is -2.26. The molecular weight excluding hydrogens is 258 g/mol. The second-order valence-corrected chi connectivity index (χ2v) is 5.58. The molecule has 1 N–H and O–H groups in total. The van der Waals surface area contributed by atoms with Crippen LogP contribution in [0.2, 0.25) is 0 Å². The van der Waals surface area contributed by atoms with Gasteiger partial charge in [-0.05, 0) is 44.4 Å². The van der Waals surface area contributed by atoms with E-state index in [1.165, 1.54) is 16.8 Å². The van der Waals surface area contributed by atoms with Crippen molar-refractivity contribution < 1.29 is 5.11 Å². The number of hydrogen-bond donors (Lipinski definition) is 1. The maximum Gasteiger partial charge on any atom is 0.0806 e. The van der Waals surface area contributed by atoms with E-state index < -0.39 is 6.10 Å². The Morgan fingerprint density at radius 1 is 1.00 bits per heavy atom. The van der Waals surface area contributed by atoms with Crippen LogP contribution in [-0.4, -0.2) is 18.2 Å². The fourth-order valence-electron chi connectivity index (χ4n) is 2.60. The summed E-state index contributed by atoms with van der Waals surface area (Å²) in [4.78, 5) is 2.33. The van der Waals surface area contributed by atoms with Gasteiger partial charge in [0.2, 0.25) is 0 Å². The molecule has 0 saturated carbocycles. The lowest BCUT2D eigenvalue weighted by molar-refractivity contribution is 0.169. The van der Waals surface area contributed by atoms with E-state index in [9.17, 15) is 5.11 Å². The smallest absolute Gasteiger partial charge is 0.0806 e. The Morgan fingerprint density at radius 3 is 2.29 bits per heavy atom. The minimum absolute atomic E-state index is 0.399. The van der Waals surface area contributed by atoms with Crippen LogP contribution in [0, 0.1) is 13.8 Å². The number of benzene rings is 2. The zero-order valence-electron chi connectivity index (χ0n) is 13.2. The van der Waals surface area contributed by atoms with Crippen molar-refractivity contribution in [3.05, 3.63) is 65.2 Å². The molecule has 0 heterocycles. The fourth-order valence-corrected chi connectivity index (χ4v) is 2.60. The van der Waals surface area contributed by atoms with Gasteiger partial charge in [-0.3, -0.25) is 0 Å². The monoisotopic (exact) mass is 283 g/mol. The normalized spacial score (nSPS) is 12.2. The number of aryl methyl sites for hydroxylation is 2. The summed E-state index contributed by atoms with van der Waals surface area (Å²) in [6.07, 6.45) is 0.342. The Labute approximate surface area is 128 Å². The van der Waals surface area contributed by atoms with Crippen LogP contribution < -0.4 is 4.90 Å². The van der Waals surface area contributed by atoms with Crippen LogP contribution in [0.3, 0.4) is 0 Å². The average Bonchev–Trinajstić information content (AvgIpc) is 2.50. The van der Waals surface area contributed by atoms with Crippen LogP contribution in [0.4, 0.5) is 5.69 Å². The molecule has 0 amide bonds. The highest BCUT2D eigenvalue weighted by atomic mass is 16.3. The minimum atomic E-state index is -0.399. The maximum absolute atomic E-state index is 10.3. The summed E-state index contributed by atoms with van der Waals surface area (Å²) in [5, 5.41) is 10.3. The molecule has 2 rings (SSSR count). The highest BCUT2D eigenvalue weighted by Gasteiger charge is 2.11. The van der Waals surface area contributed by atoms with Crippen molar-refractivity contribution in [1.82, 2.24) is 0 Å². The van der Waals surface area contributed by atoms with Crippen molar-refractivity contribution in [2.45, 2.75) is 33.3 Å². The molecule has 2 aromatic rings. The highest BCUT2D eigenvalue weighted by Crippen LogP contribution is 2.22. The quantitative estimate of drug-likeness (QED) is 0.856. The Balaban J connectivity index is 2.00. The number of nitrogens with zero attached hydrogens (tertiary/aromatic N) is 1. The van der Waals surface area contributed by atoms with E-state index in [0.29, 0.717) is 0 Å². The van der Waals surface area contributed by atoms with Crippen molar-refractivity contribution >= 4 is 5.69 Å². The topological polar surface area (TPSA) is 23.5 Å². The summed E-state index contributed by atoms with van der Waals surface area (Å²) in [5.41, 5.74) is 4.77. The number of aliphatic hydroxyl groups is 1. The summed E-state index contributed by atoms with van der Waals surface area (Å²) in [7, 11) is 0. The van der Waals surface area contributed by atoms with Crippen molar-refractivity contribution in [2.24, 2.45) is 0 Å². The lowest BCUT2D eigenvalue weighted by atomic mass is 10.0. The van der Waals surface area contributed by atoms with E-state index in [0.717, 1.165) is 25.1 Å². The van der Waals surface area contributed by atoms with Gasteiger partial charge in [-0.15, -0.1) is 0 Å². The summed E-state index contributed by atoms with van der Waals surface area (Å²) in [6, 6.07) is 16.6. The second-order valence-electron chi connectivity index (χ2n) is 5.58. The van der Waals surface area contributed by atoms with E-state index >= 15 is 0 Å². The Hall–Kier alpha value is -1.80. The molecule has 21 heavy (non-hydrogen) atoms. The van der Waals surface area contributed by atoms with Gasteiger partial charge in [0.25, 0.3) is 0 Å². The molecular formula is C19H25NO. The van der Waals surface area contributed by atoms with Gasteiger partial charge in [0.1, 0.15) is 0 Å². The Morgan fingerprint density at radius 2 is 1.67 bits per heavy atom. The van der Waals surface area contributed by atoms with Gasteiger partial charge in [0, 0.05) is 18.8 Å². The summed E-state index contributed by atoms with van der Waals surface area (Å²) >= 11 is 0. The van der Waals surface area contributed by atoms with Gasteiger partial charge in [0.15, 0.2) is 0 Å². The second kappa shape index (κ2) is 7.28. The molecule has 0 saturated heterocycles. The number of para-hydroxylation sites is 1. The fraction of sp³-hybridized carbons (Fsp3) is 0.368. The van der Waals surface area contributed by atoms with Gasteiger partial charge in [-0.1, -0.05) is 48.0 Å². The van der Waals surface area contributed by atoms with Crippen LogP contribution in [0.15, 0.2) is 48.5 Å². The Bertz CT molecular complexity index is 562. The Kier molecular flexibility index (Phi) is 5.40. The van der Waals surface area contributed by atoms with Gasteiger partial charge in [0.05, 0.1) is 6.10 Å². The zero-order valence-corrected chi connectivity index (χ0v) is 13.2. The van der Waals surface area contributed by atoms with E-state index in [-0.39, 0.29) is 0 Å². The summed E-state index contributed by atoms with van der Waals surface area (Å²) < 4.78 is 0. The summed E-state index contributed by atoms with van der Waals surface area (Å²) in [5.74, 6) is 0. The predicted octanol–water partition coefficient (Wildman–Crippen LogP) is 4.25. The van der Waals surface area contributed by atoms with Crippen LogP contribution >= 0.6 is 0 Å². The van der Waals surface area contributed by atoms with Crippen molar-refractivity contribution in [3.8, 4) is 0 Å². The van der Waals surface area contributed by atoms with Gasteiger partial charge in [-0.2, -0.15) is 0 Å². The first-order valence-electron chi connectivity index (χ1n) is 7.67. The molecule has 2 nitrogen and oxygen atoms in total. The van der Waals surface area contributed by atoms with Gasteiger partial charge >= 0.3 is 0 Å². The first-order chi connectivity index (χ1) is 10.1. The van der Waals surface area contributed by atoms with E-state index in [1.807, 2.05) is 12.1 Å². The molecule has 2 aromatic carbocycles. The first kappa shape index (κ1) is 15.6. The number of rotatable bonds is 6. The van der Waals surface area contributed by atoms with Crippen LogP contribution in [0.25, 0.3) is 0 Å². The molecule has 0 fully saturated rings. The van der Waals surface area contributed by atoms with Crippen molar-refractivity contribution in [2.75, 3.05) is 18.0 Å². The molecule has 0 aromatic heterocycles. The first-order valence-corrected chi connectivity index (χ1v) is 7.67. The van der Waals surface area contributed by atoms with Crippen LogP contribution in [0.5, 0.6) is 0 Å². The predicted molar refractivity (Wildman–Crippen MR) is 89.8 cm³/mol.